The van der Waals surface area contributed by atoms with E-state index in [4.69, 9.17) is 23.2 Å². The van der Waals surface area contributed by atoms with Crippen molar-refractivity contribution in [2.24, 2.45) is 0 Å². The number of hydrogen-bond donors (Lipinski definition) is 2. The molecule has 0 aromatic heterocycles. The van der Waals surface area contributed by atoms with Gasteiger partial charge in [0.05, 0.1) is 0 Å². The minimum atomic E-state index is 0.196. The van der Waals surface area contributed by atoms with Crippen LogP contribution in [0.25, 0.3) is 0 Å². The highest BCUT2D eigenvalue weighted by Crippen LogP contribution is 2.18. The van der Waals surface area contributed by atoms with Gasteiger partial charge in [-0.15, -0.1) is 0 Å². The number of halogens is 2. The van der Waals surface area contributed by atoms with E-state index in [0.29, 0.717) is 0 Å². The lowest BCUT2D eigenvalue weighted by Gasteiger charge is -2.20. The predicted octanol–water partition coefficient (Wildman–Crippen LogP) is 4.91. The molecule has 0 saturated heterocycles. The van der Waals surface area contributed by atoms with E-state index in [-0.39, 0.29) is 12.1 Å². The van der Waals surface area contributed by atoms with Gasteiger partial charge in [-0.05, 0) is 49.2 Å². The summed E-state index contributed by atoms with van der Waals surface area (Å²) in [4.78, 5) is 0. The van der Waals surface area contributed by atoms with E-state index in [2.05, 4.69) is 24.7 Å². The van der Waals surface area contributed by atoms with Gasteiger partial charge in [0.1, 0.15) is 0 Å². The van der Waals surface area contributed by atoms with E-state index in [9.17, 15) is 0 Å². The zero-order valence-electron chi connectivity index (χ0n) is 11.5. The standard InChI is InChI=1S/C16H18Cl2N2/c1-11(13-3-7-15(17)8-4-13)19-20-12(2)14-5-9-16(18)10-6-14/h3-12,19-20H,1-2H3. The lowest BCUT2D eigenvalue weighted by Crippen LogP contribution is -2.36. The van der Waals surface area contributed by atoms with Crippen LogP contribution < -0.4 is 10.9 Å². The molecule has 106 valence electrons. The van der Waals surface area contributed by atoms with Crippen molar-refractivity contribution < 1.29 is 0 Å². The molecule has 0 radical (unpaired) electrons. The van der Waals surface area contributed by atoms with Gasteiger partial charge >= 0.3 is 0 Å². The van der Waals surface area contributed by atoms with Crippen molar-refractivity contribution in [3.63, 3.8) is 0 Å². The fourth-order valence-corrected chi connectivity index (χ4v) is 2.17. The number of rotatable bonds is 5. The fourth-order valence-electron chi connectivity index (χ4n) is 1.92. The molecule has 2 atom stereocenters. The van der Waals surface area contributed by atoms with Gasteiger partial charge in [0.25, 0.3) is 0 Å². The van der Waals surface area contributed by atoms with E-state index in [0.717, 1.165) is 10.0 Å². The number of nitrogens with one attached hydrogen (secondary N) is 2. The molecule has 2 N–H and O–H groups in total. The Hall–Kier alpha value is -1.06. The second-order valence-corrected chi connectivity index (χ2v) is 5.71. The monoisotopic (exact) mass is 308 g/mol. The summed E-state index contributed by atoms with van der Waals surface area (Å²) in [5, 5.41) is 1.51. The Morgan fingerprint density at radius 2 is 0.950 bits per heavy atom. The zero-order chi connectivity index (χ0) is 14.5. The van der Waals surface area contributed by atoms with Gasteiger partial charge in [-0.1, -0.05) is 47.5 Å². The summed E-state index contributed by atoms with van der Waals surface area (Å²) >= 11 is 11.8. The van der Waals surface area contributed by atoms with Crippen LogP contribution in [0.3, 0.4) is 0 Å². The van der Waals surface area contributed by atoms with Gasteiger partial charge < -0.3 is 0 Å². The molecule has 2 nitrogen and oxygen atoms in total. The SMILES string of the molecule is CC(NNC(C)c1ccc(Cl)cc1)c1ccc(Cl)cc1. The third-order valence-electron chi connectivity index (χ3n) is 3.26. The lowest BCUT2D eigenvalue weighted by molar-refractivity contribution is 0.411. The molecular formula is C16H18Cl2N2. The van der Waals surface area contributed by atoms with Crippen molar-refractivity contribution in [3.8, 4) is 0 Å². The van der Waals surface area contributed by atoms with Gasteiger partial charge in [0.2, 0.25) is 0 Å². The molecule has 0 spiro atoms. The maximum absolute atomic E-state index is 5.89. The molecule has 0 aliphatic heterocycles. The Morgan fingerprint density at radius 3 is 1.25 bits per heavy atom. The van der Waals surface area contributed by atoms with Crippen molar-refractivity contribution in [2.75, 3.05) is 0 Å². The molecule has 0 bridgehead atoms. The van der Waals surface area contributed by atoms with Crippen LogP contribution in [0.2, 0.25) is 10.0 Å². The molecule has 0 aliphatic rings. The van der Waals surface area contributed by atoms with Crippen LogP contribution in [-0.2, 0) is 0 Å². The third kappa shape index (κ3) is 4.22. The highest BCUT2D eigenvalue weighted by molar-refractivity contribution is 6.30. The normalized spacial score (nSPS) is 14.0. The summed E-state index contributed by atoms with van der Waals surface area (Å²) in [6, 6.07) is 16.1. The second-order valence-electron chi connectivity index (χ2n) is 4.84. The first-order chi connectivity index (χ1) is 9.56. The molecule has 20 heavy (non-hydrogen) atoms. The number of hydrogen-bond acceptors (Lipinski definition) is 2. The van der Waals surface area contributed by atoms with Crippen LogP contribution in [-0.4, -0.2) is 0 Å². The summed E-state index contributed by atoms with van der Waals surface area (Å²) < 4.78 is 0. The van der Waals surface area contributed by atoms with Crippen LogP contribution in [0.1, 0.15) is 37.1 Å². The van der Waals surface area contributed by atoms with Gasteiger partial charge in [-0.2, -0.15) is 0 Å². The maximum atomic E-state index is 5.89. The third-order valence-corrected chi connectivity index (χ3v) is 3.76. The van der Waals surface area contributed by atoms with E-state index >= 15 is 0 Å². The molecule has 0 aliphatic carbocycles. The molecule has 2 aromatic rings. The molecule has 0 heterocycles. The smallest absolute Gasteiger partial charge is 0.0434 e. The molecule has 2 rings (SSSR count). The van der Waals surface area contributed by atoms with Gasteiger partial charge in [0.15, 0.2) is 0 Å². The molecule has 4 heteroatoms. The predicted molar refractivity (Wildman–Crippen MR) is 86.0 cm³/mol. The van der Waals surface area contributed by atoms with Crippen LogP contribution in [0, 0.1) is 0 Å². The summed E-state index contributed by atoms with van der Waals surface area (Å²) in [7, 11) is 0. The molecule has 0 fully saturated rings. The lowest BCUT2D eigenvalue weighted by atomic mass is 10.1. The van der Waals surface area contributed by atoms with Crippen LogP contribution in [0.4, 0.5) is 0 Å². The van der Waals surface area contributed by atoms with Crippen molar-refractivity contribution in [1.29, 1.82) is 0 Å². The van der Waals surface area contributed by atoms with Gasteiger partial charge in [-0.25, -0.2) is 0 Å². The summed E-state index contributed by atoms with van der Waals surface area (Å²) in [6.45, 7) is 4.20. The van der Waals surface area contributed by atoms with E-state index in [1.807, 2.05) is 48.5 Å². The average molecular weight is 309 g/mol. The largest absolute Gasteiger partial charge is 0.250 e. The molecule has 2 unspecified atom stereocenters. The van der Waals surface area contributed by atoms with Crippen LogP contribution >= 0.6 is 23.2 Å². The Balaban J connectivity index is 1.91. The van der Waals surface area contributed by atoms with Crippen molar-refractivity contribution in [2.45, 2.75) is 25.9 Å². The maximum Gasteiger partial charge on any atom is 0.0434 e. The topological polar surface area (TPSA) is 24.1 Å². The van der Waals surface area contributed by atoms with E-state index in [1.165, 1.54) is 11.1 Å². The summed E-state index contributed by atoms with van der Waals surface area (Å²) in [5.74, 6) is 0. The van der Waals surface area contributed by atoms with Gasteiger partial charge in [0, 0.05) is 22.1 Å². The highest BCUT2D eigenvalue weighted by atomic mass is 35.5. The van der Waals surface area contributed by atoms with Crippen molar-refractivity contribution in [1.82, 2.24) is 10.9 Å². The zero-order valence-corrected chi connectivity index (χ0v) is 13.0. The Morgan fingerprint density at radius 1 is 0.650 bits per heavy atom. The second kappa shape index (κ2) is 7.09. The molecule has 2 aromatic carbocycles. The van der Waals surface area contributed by atoms with E-state index < -0.39 is 0 Å². The average Bonchev–Trinajstić information content (AvgIpc) is 2.46. The van der Waals surface area contributed by atoms with E-state index in [1.54, 1.807) is 0 Å². The van der Waals surface area contributed by atoms with Crippen molar-refractivity contribution >= 4 is 23.2 Å². The van der Waals surface area contributed by atoms with Gasteiger partial charge in [-0.3, -0.25) is 10.9 Å². The first kappa shape index (κ1) is 15.3. The first-order valence-corrected chi connectivity index (χ1v) is 7.34. The van der Waals surface area contributed by atoms with Crippen LogP contribution in [0.5, 0.6) is 0 Å². The number of hydrazine groups is 1. The minimum absolute atomic E-state index is 0.196. The summed E-state index contributed by atoms with van der Waals surface area (Å²) in [6.07, 6.45) is 0. The quantitative estimate of drug-likeness (QED) is 0.767. The first-order valence-electron chi connectivity index (χ1n) is 6.58. The molecule has 0 saturated carbocycles. The molecular weight excluding hydrogens is 291 g/mol. The Labute approximate surface area is 130 Å². The molecule has 0 amide bonds. The fraction of sp³-hybridized carbons (Fsp3) is 0.250. The summed E-state index contributed by atoms with van der Waals surface area (Å²) in [5.41, 5.74) is 8.98. The van der Waals surface area contributed by atoms with Crippen molar-refractivity contribution in [3.05, 3.63) is 69.7 Å². The minimum Gasteiger partial charge on any atom is -0.250 e. The highest BCUT2D eigenvalue weighted by Gasteiger charge is 2.08. The van der Waals surface area contributed by atoms with Crippen LogP contribution in [0.15, 0.2) is 48.5 Å². The Bertz CT molecular complexity index is 486. The Kier molecular flexibility index (Phi) is 5.44. The number of benzene rings is 2.